The molecule has 3 aromatic rings. The van der Waals surface area contributed by atoms with Crippen molar-refractivity contribution in [1.82, 2.24) is 20.1 Å². The van der Waals surface area contributed by atoms with E-state index in [1.165, 1.54) is 0 Å². The van der Waals surface area contributed by atoms with Crippen LogP contribution in [0, 0.1) is 5.92 Å². The van der Waals surface area contributed by atoms with Gasteiger partial charge in [-0.1, -0.05) is 38.2 Å². The Bertz CT molecular complexity index is 1140. The highest BCUT2D eigenvalue weighted by atomic mass is 16.5. The van der Waals surface area contributed by atoms with Gasteiger partial charge in [-0.05, 0) is 49.4 Å². The van der Waals surface area contributed by atoms with E-state index in [4.69, 9.17) is 4.74 Å². The van der Waals surface area contributed by atoms with E-state index in [1.54, 1.807) is 23.0 Å². The Morgan fingerprint density at radius 1 is 1.21 bits per heavy atom. The minimum Gasteiger partial charge on any atom is -0.491 e. The number of hydrogen-bond acceptors (Lipinski definition) is 5. The lowest BCUT2D eigenvalue weighted by Gasteiger charge is -2.24. The van der Waals surface area contributed by atoms with Gasteiger partial charge in [0.1, 0.15) is 11.8 Å². The molecule has 0 spiro atoms. The number of amides is 1. The lowest BCUT2D eigenvalue weighted by Crippen LogP contribution is -2.40. The molecule has 0 bridgehead atoms. The van der Waals surface area contributed by atoms with Crippen LogP contribution in [0.2, 0.25) is 0 Å². The first-order valence-electron chi connectivity index (χ1n) is 12.0. The van der Waals surface area contributed by atoms with Crippen molar-refractivity contribution in [2.24, 2.45) is 13.0 Å². The standard InChI is InChI=1S/C26H32N4O4/c1-30-23-15-19(11-12-20(23)16-28-30)25(31)29-21(26(32)33)9-6-4-2-3-5-8-18-14-22-24(34-17-18)10-7-13-27-22/h7,10-13,15-16,18,21H,2-6,8-9,14,17H2,1H3,(H,29,31)(H,32,33). The van der Waals surface area contributed by atoms with E-state index < -0.39 is 12.0 Å². The van der Waals surface area contributed by atoms with Gasteiger partial charge in [-0.25, -0.2) is 4.79 Å². The molecule has 2 unspecified atom stereocenters. The highest BCUT2D eigenvalue weighted by molar-refractivity contribution is 5.99. The first kappa shape index (κ1) is 23.7. The van der Waals surface area contributed by atoms with Crippen molar-refractivity contribution in [3.8, 4) is 5.75 Å². The molecular formula is C26H32N4O4. The summed E-state index contributed by atoms with van der Waals surface area (Å²) in [6, 6.07) is 8.25. The molecule has 0 radical (unpaired) electrons. The third-order valence-corrected chi connectivity index (χ3v) is 6.52. The molecule has 0 saturated carbocycles. The predicted octanol–water partition coefficient (Wildman–Crippen LogP) is 4.13. The van der Waals surface area contributed by atoms with Gasteiger partial charge in [-0.2, -0.15) is 5.10 Å². The third-order valence-electron chi connectivity index (χ3n) is 6.52. The summed E-state index contributed by atoms with van der Waals surface area (Å²) >= 11 is 0. The van der Waals surface area contributed by atoms with E-state index in [-0.39, 0.29) is 5.91 Å². The SMILES string of the molecule is Cn1ncc2ccc(C(=O)NC(CCCCCCCC3COc4cccnc4C3)C(=O)O)cc21. The molecule has 0 fully saturated rings. The molecule has 1 aliphatic rings. The number of carbonyl (C=O) groups is 2. The molecule has 3 heterocycles. The van der Waals surface area contributed by atoms with Crippen molar-refractivity contribution in [3.63, 3.8) is 0 Å². The molecule has 2 aromatic heterocycles. The smallest absolute Gasteiger partial charge is 0.326 e. The Labute approximate surface area is 199 Å². The Morgan fingerprint density at radius 3 is 2.88 bits per heavy atom. The molecular weight excluding hydrogens is 432 g/mol. The maximum absolute atomic E-state index is 12.6. The van der Waals surface area contributed by atoms with Crippen LogP contribution in [0.5, 0.6) is 5.75 Å². The summed E-state index contributed by atoms with van der Waals surface area (Å²) < 4.78 is 7.50. The van der Waals surface area contributed by atoms with Gasteiger partial charge in [0.05, 0.1) is 24.0 Å². The van der Waals surface area contributed by atoms with Crippen LogP contribution in [-0.4, -0.2) is 44.4 Å². The normalized spacial score (nSPS) is 16.0. The summed E-state index contributed by atoms with van der Waals surface area (Å²) in [6.45, 7) is 0.756. The monoisotopic (exact) mass is 464 g/mol. The zero-order valence-electron chi connectivity index (χ0n) is 19.6. The van der Waals surface area contributed by atoms with Gasteiger partial charge in [0.25, 0.3) is 5.91 Å². The fourth-order valence-corrected chi connectivity index (χ4v) is 4.53. The maximum atomic E-state index is 12.6. The van der Waals surface area contributed by atoms with Crippen molar-refractivity contribution in [2.45, 2.75) is 57.4 Å². The molecule has 0 saturated heterocycles. The second kappa shape index (κ2) is 11.1. The molecule has 4 rings (SSSR count). The second-order valence-corrected chi connectivity index (χ2v) is 9.08. The Hall–Kier alpha value is -3.42. The largest absolute Gasteiger partial charge is 0.491 e. The first-order chi connectivity index (χ1) is 16.5. The molecule has 1 aliphatic heterocycles. The molecule has 34 heavy (non-hydrogen) atoms. The van der Waals surface area contributed by atoms with Gasteiger partial charge < -0.3 is 15.2 Å². The quantitative estimate of drug-likeness (QED) is 0.413. The van der Waals surface area contributed by atoms with Crippen LogP contribution in [0.3, 0.4) is 0 Å². The number of aliphatic carboxylic acids is 1. The Balaban J connectivity index is 1.15. The predicted molar refractivity (Wildman–Crippen MR) is 129 cm³/mol. The van der Waals surface area contributed by atoms with E-state index in [1.807, 2.05) is 31.4 Å². The van der Waals surface area contributed by atoms with Crippen molar-refractivity contribution >= 4 is 22.8 Å². The summed E-state index contributed by atoms with van der Waals surface area (Å²) in [5.74, 6) is 0.0540. The number of benzene rings is 1. The fraction of sp³-hybridized carbons (Fsp3) is 0.462. The highest BCUT2D eigenvalue weighted by Crippen LogP contribution is 2.27. The second-order valence-electron chi connectivity index (χ2n) is 9.08. The van der Waals surface area contributed by atoms with Gasteiger partial charge >= 0.3 is 5.97 Å². The number of aromatic nitrogens is 3. The van der Waals surface area contributed by atoms with Crippen LogP contribution >= 0.6 is 0 Å². The van der Waals surface area contributed by atoms with Crippen LogP contribution in [0.15, 0.2) is 42.7 Å². The number of carbonyl (C=O) groups excluding carboxylic acids is 1. The summed E-state index contributed by atoms with van der Waals surface area (Å²) in [6.07, 6.45) is 11.1. The number of carboxylic acids is 1. The third kappa shape index (κ3) is 5.92. The van der Waals surface area contributed by atoms with E-state index in [0.717, 1.165) is 73.9 Å². The molecule has 180 valence electrons. The molecule has 0 aliphatic carbocycles. The average molecular weight is 465 g/mol. The van der Waals surface area contributed by atoms with Crippen LogP contribution in [0.1, 0.15) is 61.0 Å². The van der Waals surface area contributed by atoms with Gasteiger partial charge in [-0.3, -0.25) is 14.5 Å². The summed E-state index contributed by atoms with van der Waals surface area (Å²) in [4.78, 5) is 28.7. The van der Waals surface area contributed by atoms with E-state index in [9.17, 15) is 14.7 Å². The van der Waals surface area contributed by atoms with Crippen molar-refractivity contribution in [2.75, 3.05) is 6.61 Å². The molecule has 8 heteroatoms. The summed E-state index contributed by atoms with van der Waals surface area (Å²) in [5, 5.41) is 17.3. The molecule has 2 atom stereocenters. The van der Waals surface area contributed by atoms with Gasteiger partial charge in [-0.15, -0.1) is 0 Å². The molecule has 1 aromatic carbocycles. The van der Waals surface area contributed by atoms with Crippen LogP contribution in [0.4, 0.5) is 0 Å². The summed E-state index contributed by atoms with van der Waals surface area (Å²) in [7, 11) is 1.81. The molecule has 1 amide bonds. The first-order valence-corrected chi connectivity index (χ1v) is 12.0. The lowest BCUT2D eigenvalue weighted by atomic mass is 9.94. The van der Waals surface area contributed by atoms with E-state index in [2.05, 4.69) is 15.4 Å². The zero-order valence-corrected chi connectivity index (χ0v) is 19.6. The van der Waals surface area contributed by atoms with Crippen LogP contribution in [0.25, 0.3) is 10.9 Å². The number of nitrogens with one attached hydrogen (secondary N) is 1. The number of unbranched alkanes of at least 4 members (excludes halogenated alkanes) is 4. The minimum atomic E-state index is -0.999. The molecule has 8 nitrogen and oxygen atoms in total. The average Bonchev–Trinajstić information content (AvgIpc) is 3.22. The number of carboxylic acid groups (broad SMARTS) is 1. The number of ether oxygens (including phenoxy) is 1. The molecule has 2 N–H and O–H groups in total. The van der Waals surface area contributed by atoms with E-state index in [0.29, 0.717) is 17.9 Å². The topological polar surface area (TPSA) is 106 Å². The number of fused-ring (bicyclic) bond motifs is 2. The Morgan fingerprint density at radius 2 is 2.03 bits per heavy atom. The number of aryl methyl sites for hydroxylation is 1. The number of rotatable bonds is 11. The summed E-state index contributed by atoms with van der Waals surface area (Å²) in [5.41, 5.74) is 2.33. The van der Waals surface area contributed by atoms with E-state index >= 15 is 0 Å². The number of hydrogen-bond donors (Lipinski definition) is 2. The van der Waals surface area contributed by atoms with Gasteiger partial charge in [0.2, 0.25) is 0 Å². The zero-order chi connectivity index (χ0) is 23.9. The van der Waals surface area contributed by atoms with Crippen molar-refractivity contribution in [1.29, 1.82) is 0 Å². The van der Waals surface area contributed by atoms with Gasteiger partial charge in [0, 0.05) is 24.2 Å². The fourth-order valence-electron chi connectivity index (χ4n) is 4.53. The van der Waals surface area contributed by atoms with Gasteiger partial charge in [0.15, 0.2) is 0 Å². The Kier molecular flexibility index (Phi) is 7.77. The van der Waals surface area contributed by atoms with Crippen molar-refractivity contribution in [3.05, 3.63) is 54.0 Å². The number of nitrogens with zero attached hydrogens (tertiary/aromatic N) is 3. The lowest BCUT2D eigenvalue weighted by molar-refractivity contribution is -0.139. The van der Waals surface area contributed by atoms with Crippen molar-refractivity contribution < 1.29 is 19.4 Å². The maximum Gasteiger partial charge on any atom is 0.326 e. The van der Waals surface area contributed by atoms with Crippen LogP contribution in [-0.2, 0) is 18.3 Å². The number of pyridine rings is 1. The van der Waals surface area contributed by atoms with Crippen LogP contribution < -0.4 is 10.1 Å². The minimum absolute atomic E-state index is 0.374. The highest BCUT2D eigenvalue weighted by Gasteiger charge is 2.21.